The second-order valence-corrected chi connectivity index (χ2v) is 8.22. The minimum Gasteiger partial charge on any atom is -0.497 e. The van der Waals surface area contributed by atoms with E-state index in [1.165, 1.54) is 0 Å². The maximum Gasteiger partial charge on any atom is 0.263 e. The number of rotatable bonds is 4. The van der Waals surface area contributed by atoms with E-state index < -0.39 is 0 Å². The van der Waals surface area contributed by atoms with Crippen molar-refractivity contribution in [1.82, 2.24) is 4.90 Å². The third-order valence-electron chi connectivity index (χ3n) is 6.14. The molecule has 5 rings (SSSR count). The van der Waals surface area contributed by atoms with Crippen molar-refractivity contribution in [3.05, 3.63) is 59.3 Å². The third kappa shape index (κ3) is 3.91. The Morgan fingerprint density at radius 3 is 2.67 bits per heavy atom. The van der Waals surface area contributed by atoms with E-state index in [2.05, 4.69) is 15.8 Å². The molecule has 4 N–H and O–H groups in total. The van der Waals surface area contributed by atoms with E-state index in [1.54, 1.807) is 24.1 Å². The quantitative estimate of drug-likeness (QED) is 0.488. The van der Waals surface area contributed by atoms with Gasteiger partial charge in [0.25, 0.3) is 11.8 Å². The largest absolute Gasteiger partial charge is 0.497 e. The molecule has 33 heavy (non-hydrogen) atoms. The van der Waals surface area contributed by atoms with E-state index in [0.717, 1.165) is 24.1 Å². The highest BCUT2D eigenvalue weighted by Crippen LogP contribution is 2.40. The summed E-state index contributed by atoms with van der Waals surface area (Å²) in [4.78, 5) is 32.7. The molecule has 0 spiro atoms. The zero-order valence-corrected chi connectivity index (χ0v) is 18.3. The van der Waals surface area contributed by atoms with Gasteiger partial charge < -0.3 is 30.8 Å². The summed E-state index contributed by atoms with van der Waals surface area (Å²) >= 11 is 0. The van der Waals surface area contributed by atoms with E-state index in [4.69, 9.17) is 15.3 Å². The summed E-state index contributed by atoms with van der Waals surface area (Å²) in [5.74, 6) is 0.260. The number of hydrogen-bond acceptors (Lipinski definition) is 7. The molecule has 3 heterocycles. The van der Waals surface area contributed by atoms with Gasteiger partial charge in [0.15, 0.2) is 6.61 Å². The molecule has 0 saturated carbocycles. The van der Waals surface area contributed by atoms with Gasteiger partial charge in [-0.15, -0.1) is 0 Å². The molecule has 0 bridgehead atoms. The van der Waals surface area contributed by atoms with Gasteiger partial charge in [-0.3, -0.25) is 9.59 Å². The Bertz CT molecular complexity index is 1180. The summed E-state index contributed by atoms with van der Waals surface area (Å²) in [5.41, 5.74) is 10.4. The highest BCUT2D eigenvalue weighted by atomic mass is 16.6. The average Bonchev–Trinajstić information content (AvgIpc) is 3.35. The van der Waals surface area contributed by atoms with Crippen LogP contribution < -0.4 is 21.1 Å². The lowest BCUT2D eigenvalue weighted by atomic mass is 10.0. The first-order chi connectivity index (χ1) is 16.0. The Labute approximate surface area is 191 Å². The molecule has 2 amide bonds. The molecule has 0 unspecified atom stereocenters. The molecule has 1 fully saturated rings. The number of nitrogens with zero attached hydrogens (tertiary/aromatic N) is 2. The second-order valence-electron chi connectivity index (χ2n) is 8.22. The van der Waals surface area contributed by atoms with Crippen LogP contribution in [0.2, 0.25) is 0 Å². The fourth-order valence-electron chi connectivity index (χ4n) is 4.32. The molecule has 0 radical (unpaired) electrons. The Kier molecular flexibility index (Phi) is 5.47. The Balaban J connectivity index is 1.46. The zero-order valence-electron chi connectivity index (χ0n) is 18.3. The minimum absolute atomic E-state index is 0.131. The third-order valence-corrected chi connectivity index (χ3v) is 6.14. The van der Waals surface area contributed by atoms with E-state index in [-0.39, 0.29) is 24.5 Å². The second kappa shape index (κ2) is 8.59. The standard InChI is InChI=1S/C24H25N5O4/c1-32-15-6-7-19-17(12-15)21(24(31)27-19)23-22(16-4-2-3-5-18(16)26-23)28-33-13-20(30)29-10-8-14(25)9-11-29/h2-7,12,14,26H,8-11,13,25H2,1H3,(H,27,31)/b23-21-,28-22+. The van der Waals surface area contributed by atoms with Crippen molar-refractivity contribution in [3.8, 4) is 5.75 Å². The molecule has 3 aliphatic rings. The van der Waals surface area contributed by atoms with Crippen LogP contribution in [0.1, 0.15) is 24.0 Å². The smallest absolute Gasteiger partial charge is 0.263 e. The number of fused-ring (bicyclic) bond motifs is 2. The number of nitrogens with two attached hydrogens (primary N) is 1. The number of methoxy groups -OCH3 is 1. The lowest BCUT2D eigenvalue weighted by Gasteiger charge is -2.29. The van der Waals surface area contributed by atoms with Crippen LogP contribution in [-0.4, -0.2) is 55.3 Å². The normalized spacial score (nSPS) is 20.8. The fraction of sp³-hybridized carbons (Fsp3) is 0.292. The number of ether oxygens (including phenoxy) is 1. The maximum absolute atomic E-state index is 12.9. The number of carbonyl (C=O) groups is 2. The number of nitrogens with one attached hydrogen (secondary N) is 2. The van der Waals surface area contributed by atoms with E-state index in [0.29, 0.717) is 47.1 Å². The van der Waals surface area contributed by atoms with Crippen LogP contribution in [0, 0.1) is 0 Å². The van der Waals surface area contributed by atoms with Crippen LogP contribution in [0.3, 0.4) is 0 Å². The number of benzene rings is 2. The molecule has 9 nitrogen and oxygen atoms in total. The van der Waals surface area contributed by atoms with Crippen LogP contribution in [0.15, 0.2) is 53.3 Å². The van der Waals surface area contributed by atoms with Crippen LogP contribution >= 0.6 is 0 Å². The highest BCUT2D eigenvalue weighted by molar-refractivity contribution is 6.39. The number of anilines is 2. The summed E-state index contributed by atoms with van der Waals surface area (Å²) in [6.45, 7) is 1.07. The lowest BCUT2D eigenvalue weighted by Crippen LogP contribution is -2.44. The zero-order chi connectivity index (χ0) is 22.9. The van der Waals surface area contributed by atoms with Crippen molar-refractivity contribution in [3.63, 3.8) is 0 Å². The van der Waals surface area contributed by atoms with Crippen LogP contribution in [0.4, 0.5) is 11.4 Å². The van der Waals surface area contributed by atoms with Crippen molar-refractivity contribution in [1.29, 1.82) is 0 Å². The van der Waals surface area contributed by atoms with Gasteiger partial charge in [-0.2, -0.15) is 0 Å². The van der Waals surface area contributed by atoms with Gasteiger partial charge in [-0.25, -0.2) is 0 Å². The number of amides is 2. The molecule has 0 aromatic heterocycles. The predicted molar refractivity (Wildman–Crippen MR) is 125 cm³/mol. The first-order valence-corrected chi connectivity index (χ1v) is 10.9. The van der Waals surface area contributed by atoms with Gasteiger partial charge in [0.2, 0.25) is 0 Å². The van der Waals surface area contributed by atoms with Crippen molar-refractivity contribution < 1.29 is 19.2 Å². The van der Waals surface area contributed by atoms with Gasteiger partial charge in [0, 0.05) is 41.6 Å². The summed E-state index contributed by atoms with van der Waals surface area (Å²) < 4.78 is 5.34. The molecule has 2 aromatic rings. The summed E-state index contributed by atoms with van der Waals surface area (Å²) in [6, 6.07) is 13.1. The van der Waals surface area contributed by atoms with Gasteiger partial charge in [-0.1, -0.05) is 23.4 Å². The van der Waals surface area contributed by atoms with Gasteiger partial charge in [-0.05, 0) is 37.1 Å². The molecular weight excluding hydrogens is 422 g/mol. The maximum atomic E-state index is 12.9. The van der Waals surface area contributed by atoms with Gasteiger partial charge >= 0.3 is 0 Å². The molecule has 1 saturated heterocycles. The molecule has 2 aromatic carbocycles. The lowest BCUT2D eigenvalue weighted by molar-refractivity contribution is -0.137. The van der Waals surface area contributed by atoms with Crippen LogP contribution in [0.25, 0.3) is 5.57 Å². The number of hydrogen-bond donors (Lipinski definition) is 3. The summed E-state index contributed by atoms with van der Waals surface area (Å²) in [7, 11) is 1.58. The Morgan fingerprint density at radius 1 is 1.12 bits per heavy atom. The van der Waals surface area contributed by atoms with Crippen molar-refractivity contribution in [2.75, 3.05) is 37.4 Å². The SMILES string of the molecule is COc1ccc2c(c1)/C(=C1/Nc3ccccc3/C1=N\OCC(=O)N1CCC(N)CC1)C(=O)N2. The number of likely N-dealkylation sites (tertiary alicyclic amines) is 1. The van der Waals surface area contributed by atoms with Crippen LogP contribution in [0.5, 0.6) is 5.75 Å². The average molecular weight is 447 g/mol. The minimum atomic E-state index is -0.248. The first-order valence-electron chi connectivity index (χ1n) is 10.9. The number of carbonyl (C=O) groups excluding carboxylic acids is 2. The van der Waals surface area contributed by atoms with E-state index in [1.807, 2.05) is 30.3 Å². The molecular formula is C24H25N5O4. The first kappa shape index (κ1) is 21.0. The van der Waals surface area contributed by atoms with Crippen molar-refractivity contribution in [2.24, 2.45) is 10.9 Å². The molecule has 0 atom stereocenters. The fourth-order valence-corrected chi connectivity index (χ4v) is 4.32. The number of piperidine rings is 1. The Hall–Kier alpha value is -3.85. The number of allylic oxidation sites excluding steroid dienone is 1. The van der Waals surface area contributed by atoms with E-state index >= 15 is 0 Å². The monoisotopic (exact) mass is 447 g/mol. The van der Waals surface area contributed by atoms with Gasteiger partial charge in [0.1, 0.15) is 11.5 Å². The van der Waals surface area contributed by atoms with Crippen LogP contribution in [-0.2, 0) is 14.4 Å². The number of para-hydroxylation sites is 1. The highest BCUT2D eigenvalue weighted by Gasteiger charge is 2.34. The molecule has 3 aliphatic heterocycles. The molecule has 0 aliphatic carbocycles. The Morgan fingerprint density at radius 2 is 1.88 bits per heavy atom. The van der Waals surface area contributed by atoms with Crippen molar-refractivity contribution in [2.45, 2.75) is 18.9 Å². The molecule has 9 heteroatoms. The predicted octanol–water partition coefficient (Wildman–Crippen LogP) is 2.15. The van der Waals surface area contributed by atoms with Crippen molar-refractivity contribution >= 4 is 34.5 Å². The number of oxime groups is 1. The summed E-state index contributed by atoms with van der Waals surface area (Å²) in [5, 5.41) is 10.5. The van der Waals surface area contributed by atoms with E-state index in [9.17, 15) is 9.59 Å². The summed E-state index contributed by atoms with van der Waals surface area (Å²) in [6.07, 6.45) is 1.57. The van der Waals surface area contributed by atoms with Gasteiger partial charge in [0.05, 0.1) is 18.4 Å². The topological polar surface area (TPSA) is 118 Å². The molecule has 170 valence electrons.